The number of aryl methyl sites for hydroxylation is 1. The van der Waals surface area contributed by atoms with Gasteiger partial charge in [0.1, 0.15) is 12.6 Å². The SMILES string of the molecule is Cc1ccc(N2C(=O)N(CC(=O)Nc3ccccc3Cc3ccccc3)C(=O)C2C)cc1. The zero-order valence-electron chi connectivity index (χ0n) is 18.1. The van der Waals surface area contributed by atoms with Crippen LogP contribution in [0.15, 0.2) is 78.9 Å². The molecule has 0 bridgehead atoms. The molecule has 6 heteroatoms. The molecule has 1 aliphatic heterocycles. The summed E-state index contributed by atoms with van der Waals surface area (Å²) in [6, 6.07) is 23.7. The predicted octanol–water partition coefficient (Wildman–Crippen LogP) is 4.38. The molecule has 0 spiro atoms. The van der Waals surface area contributed by atoms with Gasteiger partial charge >= 0.3 is 6.03 Å². The van der Waals surface area contributed by atoms with Gasteiger partial charge in [0.05, 0.1) is 0 Å². The summed E-state index contributed by atoms with van der Waals surface area (Å²) >= 11 is 0. The lowest BCUT2D eigenvalue weighted by Gasteiger charge is -2.19. The second kappa shape index (κ2) is 9.06. The lowest BCUT2D eigenvalue weighted by Crippen LogP contribution is -2.39. The van der Waals surface area contributed by atoms with Gasteiger partial charge in [-0.25, -0.2) is 4.79 Å². The topological polar surface area (TPSA) is 69.7 Å². The number of para-hydroxylation sites is 1. The predicted molar refractivity (Wildman–Crippen MR) is 125 cm³/mol. The van der Waals surface area contributed by atoms with E-state index >= 15 is 0 Å². The van der Waals surface area contributed by atoms with Crippen LogP contribution < -0.4 is 10.2 Å². The Bertz CT molecular complexity index is 1140. The van der Waals surface area contributed by atoms with Crippen molar-refractivity contribution in [1.82, 2.24) is 4.90 Å². The molecule has 1 atom stereocenters. The van der Waals surface area contributed by atoms with Crippen LogP contribution in [-0.2, 0) is 16.0 Å². The number of carbonyl (C=O) groups is 3. The van der Waals surface area contributed by atoms with Gasteiger partial charge in [0.25, 0.3) is 5.91 Å². The molecule has 0 radical (unpaired) electrons. The van der Waals surface area contributed by atoms with E-state index in [4.69, 9.17) is 0 Å². The van der Waals surface area contributed by atoms with Gasteiger partial charge in [0, 0.05) is 11.4 Å². The Morgan fingerprint density at radius 2 is 1.56 bits per heavy atom. The number of imide groups is 1. The minimum absolute atomic E-state index is 0.329. The van der Waals surface area contributed by atoms with Crippen molar-refractivity contribution in [3.63, 3.8) is 0 Å². The van der Waals surface area contributed by atoms with E-state index in [2.05, 4.69) is 5.32 Å². The minimum atomic E-state index is -0.664. The molecule has 1 heterocycles. The normalized spacial score (nSPS) is 15.9. The molecule has 4 rings (SSSR count). The first-order valence-corrected chi connectivity index (χ1v) is 10.6. The summed E-state index contributed by atoms with van der Waals surface area (Å²) in [7, 11) is 0. The average molecular weight is 428 g/mol. The van der Waals surface area contributed by atoms with Gasteiger partial charge in [-0.15, -0.1) is 0 Å². The molecular formula is C26H25N3O3. The van der Waals surface area contributed by atoms with Crippen molar-refractivity contribution in [1.29, 1.82) is 0 Å². The van der Waals surface area contributed by atoms with Gasteiger partial charge in [0.15, 0.2) is 0 Å². The summed E-state index contributed by atoms with van der Waals surface area (Å²) in [5.74, 6) is -0.798. The first-order chi connectivity index (χ1) is 15.4. The van der Waals surface area contributed by atoms with Gasteiger partial charge in [-0.3, -0.25) is 19.4 Å². The number of urea groups is 1. The van der Waals surface area contributed by atoms with Crippen LogP contribution in [0.3, 0.4) is 0 Å². The molecule has 1 N–H and O–H groups in total. The van der Waals surface area contributed by atoms with E-state index in [-0.39, 0.29) is 12.5 Å². The Labute approximate surface area is 187 Å². The van der Waals surface area contributed by atoms with Gasteiger partial charge in [-0.1, -0.05) is 66.2 Å². The summed E-state index contributed by atoms with van der Waals surface area (Å²) in [6.07, 6.45) is 0.664. The van der Waals surface area contributed by atoms with Crippen LogP contribution in [0, 0.1) is 6.92 Å². The molecule has 0 saturated carbocycles. The maximum atomic E-state index is 13.0. The van der Waals surface area contributed by atoms with Crippen LogP contribution in [0.2, 0.25) is 0 Å². The van der Waals surface area contributed by atoms with Crippen molar-refractivity contribution in [2.24, 2.45) is 0 Å². The highest BCUT2D eigenvalue weighted by atomic mass is 16.2. The fourth-order valence-electron chi connectivity index (χ4n) is 3.86. The van der Waals surface area contributed by atoms with Crippen LogP contribution in [0.5, 0.6) is 0 Å². The second-order valence-electron chi connectivity index (χ2n) is 7.96. The Balaban J connectivity index is 1.47. The molecule has 1 aliphatic rings. The Morgan fingerprint density at radius 3 is 2.28 bits per heavy atom. The quantitative estimate of drug-likeness (QED) is 0.594. The summed E-state index contributed by atoms with van der Waals surface area (Å²) in [6.45, 7) is 3.30. The van der Waals surface area contributed by atoms with Crippen LogP contribution in [-0.4, -0.2) is 35.3 Å². The number of nitrogens with one attached hydrogen (secondary N) is 1. The maximum absolute atomic E-state index is 13.0. The highest BCUT2D eigenvalue weighted by Crippen LogP contribution is 2.26. The number of amides is 4. The molecule has 0 aromatic heterocycles. The van der Waals surface area contributed by atoms with Gasteiger partial charge < -0.3 is 5.32 Å². The van der Waals surface area contributed by atoms with Gasteiger partial charge in [0.2, 0.25) is 5.91 Å². The fourth-order valence-corrected chi connectivity index (χ4v) is 3.86. The molecular weight excluding hydrogens is 402 g/mol. The third-order valence-corrected chi connectivity index (χ3v) is 5.59. The third kappa shape index (κ3) is 4.39. The Hall–Kier alpha value is -3.93. The minimum Gasteiger partial charge on any atom is -0.324 e. The number of hydrogen-bond acceptors (Lipinski definition) is 3. The Kier molecular flexibility index (Phi) is 6.03. The van der Waals surface area contributed by atoms with Crippen molar-refractivity contribution >= 4 is 29.2 Å². The summed E-state index contributed by atoms with van der Waals surface area (Å²) in [4.78, 5) is 40.9. The molecule has 32 heavy (non-hydrogen) atoms. The monoisotopic (exact) mass is 427 g/mol. The second-order valence-corrected chi connectivity index (χ2v) is 7.96. The molecule has 1 unspecified atom stereocenters. The van der Waals surface area contributed by atoms with Crippen molar-refractivity contribution < 1.29 is 14.4 Å². The van der Waals surface area contributed by atoms with Gasteiger partial charge in [-0.05, 0) is 49.6 Å². The summed E-state index contributed by atoms with van der Waals surface area (Å²) in [5.41, 5.74) is 4.45. The molecule has 6 nitrogen and oxygen atoms in total. The van der Waals surface area contributed by atoms with E-state index in [9.17, 15) is 14.4 Å². The smallest absolute Gasteiger partial charge is 0.324 e. The van der Waals surface area contributed by atoms with Crippen molar-refractivity contribution in [3.8, 4) is 0 Å². The first-order valence-electron chi connectivity index (χ1n) is 10.6. The van der Waals surface area contributed by atoms with Crippen LogP contribution in [0.1, 0.15) is 23.6 Å². The number of anilines is 2. The number of rotatable bonds is 6. The van der Waals surface area contributed by atoms with Gasteiger partial charge in [-0.2, -0.15) is 0 Å². The zero-order valence-corrected chi connectivity index (χ0v) is 18.1. The van der Waals surface area contributed by atoms with E-state index in [1.54, 1.807) is 19.1 Å². The van der Waals surface area contributed by atoms with E-state index in [0.29, 0.717) is 17.8 Å². The third-order valence-electron chi connectivity index (χ3n) is 5.59. The fraction of sp³-hybridized carbons (Fsp3) is 0.192. The van der Waals surface area contributed by atoms with Crippen molar-refractivity contribution in [3.05, 3.63) is 95.6 Å². The standard InChI is InChI=1S/C26H25N3O3/c1-18-12-14-22(15-13-18)29-19(2)25(31)28(26(29)32)17-24(30)27-23-11-7-6-10-21(23)16-20-8-4-3-5-9-20/h3-15,19H,16-17H2,1-2H3,(H,27,30). The van der Waals surface area contributed by atoms with E-state index in [1.165, 1.54) is 4.90 Å². The highest BCUT2D eigenvalue weighted by Gasteiger charge is 2.44. The number of hydrogen-bond donors (Lipinski definition) is 1. The van der Waals surface area contributed by atoms with Crippen LogP contribution in [0.4, 0.5) is 16.2 Å². The average Bonchev–Trinajstić information content (AvgIpc) is 3.00. The lowest BCUT2D eigenvalue weighted by atomic mass is 10.0. The molecule has 162 valence electrons. The van der Waals surface area contributed by atoms with Crippen molar-refractivity contribution in [2.75, 3.05) is 16.8 Å². The highest BCUT2D eigenvalue weighted by molar-refractivity contribution is 6.16. The maximum Gasteiger partial charge on any atom is 0.332 e. The van der Waals surface area contributed by atoms with E-state index in [0.717, 1.165) is 21.6 Å². The molecule has 4 amide bonds. The molecule has 3 aromatic carbocycles. The number of carbonyl (C=O) groups excluding carboxylic acids is 3. The van der Waals surface area contributed by atoms with Crippen LogP contribution in [0.25, 0.3) is 0 Å². The molecule has 0 aliphatic carbocycles. The number of nitrogens with zero attached hydrogens (tertiary/aromatic N) is 2. The van der Waals surface area contributed by atoms with Crippen LogP contribution >= 0.6 is 0 Å². The Morgan fingerprint density at radius 1 is 0.906 bits per heavy atom. The summed E-state index contributed by atoms with van der Waals surface area (Å²) < 4.78 is 0. The lowest BCUT2D eigenvalue weighted by molar-refractivity contribution is -0.130. The number of benzene rings is 3. The van der Waals surface area contributed by atoms with E-state index in [1.807, 2.05) is 73.7 Å². The molecule has 1 fully saturated rings. The zero-order chi connectivity index (χ0) is 22.7. The summed E-state index contributed by atoms with van der Waals surface area (Å²) in [5, 5.41) is 2.87. The van der Waals surface area contributed by atoms with E-state index < -0.39 is 18.0 Å². The first kappa shape index (κ1) is 21.3. The molecule has 1 saturated heterocycles. The van der Waals surface area contributed by atoms with Crippen molar-refractivity contribution in [2.45, 2.75) is 26.3 Å². The largest absolute Gasteiger partial charge is 0.332 e. The molecule has 3 aromatic rings.